The monoisotopic (exact) mass is 338 g/mol. The fourth-order valence-electron chi connectivity index (χ4n) is 2.23. The Morgan fingerprint density at radius 2 is 1.92 bits per heavy atom. The van der Waals surface area contributed by atoms with E-state index in [1.807, 2.05) is 42.5 Å². The fraction of sp³-hybridized carbons (Fsp3) is 0.250. The zero-order chi connectivity index (χ0) is 17.9. The van der Waals surface area contributed by atoms with Crippen LogP contribution in [-0.2, 0) is 27.2 Å². The maximum absolute atomic E-state index is 11.8. The van der Waals surface area contributed by atoms with E-state index in [2.05, 4.69) is 15.0 Å². The van der Waals surface area contributed by atoms with Crippen molar-refractivity contribution in [2.24, 2.45) is 0 Å². The van der Waals surface area contributed by atoms with E-state index < -0.39 is 0 Å². The van der Waals surface area contributed by atoms with Gasteiger partial charge < -0.3 is 10.1 Å². The molecule has 0 aliphatic carbocycles. The summed E-state index contributed by atoms with van der Waals surface area (Å²) in [6.07, 6.45) is 6.73. The predicted octanol–water partition coefficient (Wildman–Crippen LogP) is 2.56. The molecular formula is C20H22N2O3. The number of nitrogens with one attached hydrogen (secondary N) is 1. The molecule has 5 nitrogen and oxygen atoms in total. The van der Waals surface area contributed by atoms with Gasteiger partial charge in [-0.05, 0) is 35.8 Å². The molecule has 25 heavy (non-hydrogen) atoms. The number of rotatable bonds is 8. The molecule has 1 amide bonds. The van der Waals surface area contributed by atoms with Gasteiger partial charge in [0.15, 0.2) is 0 Å². The Morgan fingerprint density at radius 1 is 1.12 bits per heavy atom. The van der Waals surface area contributed by atoms with Crippen LogP contribution in [0.15, 0.2) is 54.7 Å². The van der Waals surface area contributed by atoms with Gasteiger partial charge in [0.2, 0.25) is 5.91 Å². The molecule has 0 saturated carbocycles. The van der Waals surface area contributed by atoms with Gasteiger partial charge in [-0.25, -0.2) is 0 Å². The number of methoxy groups -OCH3 is 1. The lowest BCUT2D eigenvalue weighted by atomic mass is 10.1. The van der Waals surface area contributed by atoms with E-state index in [0.717, 1.165) is 16.8 Å². The van der Waals surface area contributed by atoms with Crippen molar-refractivity contribution in [2.75, 3.05) is 13.7 Å². The number of ether oxygens (including phenoxy) is 1. The second-order valence-corrected chi connectivity index (χ2v) is 5.51. The van der Waals surface area contributed by atoms with Gasteiger partial charge in [0.05, 0.1) is 7.11 Å². The van der Waals surface area contributed by atoms with Gasteiger partial charge in [0.1, 0.15) is 0 Å². The number of nitrogens with zero attached hydrogens (tertiary/aromatic N) is 1. The van der Waals surface area contributed by atoms with Gasteiger partial charge in [0.25, 0.3) is 0 Å². The molecule has 1 aromatic heterocycles. The summed E-state index contributed by atoms with van der Waals surface area (Å²) in [6.45, 7) is 0.548. The molecule has 0 atom stereocenters. The largest absolute Gasteiger partial charge is 0.469 e. The number of aryl methyl sites for hydroxylation is 1. The second kappa shape index (κ2) is 10.0. The van der Waals surface area contributed by atoms with Gasteiger partial charge in [-0.15, -0.1) is 0 Å². The van der Waals surface area contributed by atoms with Gasteiger partial charge in [-0.3, -0.25) is 14.6 Å². The lowest BCUT2D eigenvalue weighted by Crippen LogP contribution is -2.23. The van der Waals surface area contributed by atoms with Crippen molar-refractivity contribution in [3.8, 4) is 0 Å². The summed E-state index contributed by atoms with van der Waals surface area (Å²) < 4.78 is 4.62. The summed E-state index contributed by atoms with van der Waals surface area (Å²) in [6, 6.07) is 13.5. The van der Waals surface area contributed by atoms with Crippen molar-refractivity contribution >= 4 is 18.0 Å². The Labute approximate surface area is 147 Å². The molecule has 0 spiro atoms. The molecule has 2 rings (SSSR count). The van der Waals surface area contributed by atoms with E-state index >= 15 is 0 Å². The molecule has 1 aromatic carbocycles. The maximum Gasteiger partial charge on any atom is 0.305 e. The lowest BCUT2D eigenvalue weighted by Gasteiger charge is -2.02. The summed E-state index contributed by atoms with van der Waals surface area (Å²) in [4.78, 5) is 27.1. The molecule has 1 N–H and O–H groups in total. The van der Waals surface area contributed by atoms with Crippen LogP contribution in [0, 0.1) is 0 Å². The summed E-state index contributed by atoms with van der Waals surface area (Å²) in [5, 5.41) is 2.83. The number of benzene rings is 1. The Kier molecular flexibility index (Phi) is 7.38. The first kappa shape index (κ1) is 18.4. The minimum absolute atomic E-state index is 0.134. The molecule has 2 aromatic rings. The minimum Gasteiger partial charge on any atom is -0.469 e. The highest BCUT2D eigenvalue weighted by Gasteiger charge is 2.01. The number of amides is 1. The second-order valence-electron chi connectivity index (χ2n) is 5.51. The summed E-state index contributed by atoms with van der Waals surface area (Å²) in [5.41, 5.74) is 2.94. The third-order valence-corrected chi connectivity index (χ3v) is 3.66. The van der Waals surface area contributed by atoms with Crippen LogP contribution < -0.4 is 5.32 Å². The van der Waals surface area contributed by atoms with Crippen LogP contribution in [0.4, 0.5) is 0 Å². The van der Waals surface area contributed by atoms with Crippen molar-refractivity contribution in [1.82, 2.24) is 10.3 Å². The molecule has 0 fully saturated rings. The molecule has 0 radical (unpaired) electrons. The predicted molar refractivity (Wildman–Crippen MR) is 96.8 cm³/mol. The van der Waals surface area contributed by atoms with E-state index in [4.69, 9.17) is 0 Å². The van der Waals surface area contributed by atoms with Crippen molar-refractivity contribution in [3.05, 3.63) is 71.6 Å². The first-order chi connectivity index (χ1) is 12.2. The maximum atomic E-state index is 11.8. The molecule has 0 bridgehead atoms. The Bertz CT molecular complexity index is 709. The van der Waals surface area contributed by atoms with Crippen LogP contribution in [-0.4, -0.2) is 30.5 Å². The van der Waals surface area contributed by atoms with Gasteiger partial charge in [0, 0.05) is 37.4 Å². The number of carbonyl (C=O) groups excluding carboxylic acids is 2. The van der Waals surface area contributed by atoms with E-state index in [0.29, 0.717) is 25.8 Å². The molecule has 0 unspecified atom stereocenters. The minimum atomic E-state index is -0.216. The quantitative estimate of drug-likeness (QED) is 0.593. The number of carbonyl (C=O) groups is 2. The van der Waals surface area contributed by atoms with Crippen LogP contribution in [0.2, 0.25) is 0 Å². The zero-order valence-corrected chi connectivity index (χ0v) is 14.3. The summed E-state index contributed by atoms with van der Waals surface area (Å²) in [5.74, 6) is -0.350. The van der Waals surface area contributed by atoms with Crippen molar-refractivity contribution < 1.29 is 14.3 Å². The number of pyridine rings is 1. The van der Waals surface area contributed by atoms with Crippen molar-refractivity contribution in [2.45, 2.75) is 19.3 Å². The van der Waals surface area contributed by atoms with Crippen LogP contribution in [0.5, 0.6) is 0 Å². The average molecular weight is 338 g/mol. The summed E-state index contributed by atoms with van der Waals surface area (Å²) >= 11 is 0. The fourth-order valence-corrected chi connectivity index (χ4v) is 2.23. The topological polar surface area (TPSA) is 68.3 Å². The Hall–Kier alpha value is -2.95. The third kappa shape index (κ3) is 6.99. The van der Waals surface area contributed by atoms with Crippen molar-refractivity contribution in [3.63, 3.8) is 0 Å². The van der Waals surface area contributed by atoms with Crippen LogP contribution in [0.3, 0.4) is 0 Å². The zero-order valence-electron chi connectivity index (χ0n) is 14.3. The van der Waals surface area contributed by atoms with Gasteiger partial charge >= 0.3 is 5.97 Å². The summed E-state index contributed by atoms with van der Waals surface area (Å²) in [7, 11) is 1.39. The van der Waals surface area contributed by atoms with Crippen LogP contribution in [0.25, 0.3) is 6.08 Å². The lowest BCUT2D eigenvalue weighted by molar-refractivity contribution is -0.140. The average Bonchev–Trinajstić information content (AvgIpc) is 2.66. The SMILES string of the molecule is COC(=O)CCc1ccc(C=CC(=O)NCCc2ccccn2)cc1. The molecule has 0 aliphatic heterocycles. The smallest absolute Gasteiger partial charge is 0.305 e. The molecule has 0 aliphatic rings. The number of hydrogen-bond acceptors (Lipinski definition) is 4. The standard InChI is InChI=1S/C20H22N2O3/c1-25-20(24)12-10-17-7-5-16(6-8-17)9-11-19(23)22-15-13-18-4-2-3-14-21-18/h2-9,11,14H,10,12-13,15H2,1H3,(H,22,23). The highest BCUT2D eigenvalue weighted by atomic mass is 16.5. The highest BCUT2D eigenvalue weighted by Crippen LogP contribution is 2.08. The number of esters is 1. The molecule has 5 heteroatoms. The van der Waals surface area contributed by atoms with E-state index in [1.165, 1.54) is 13.2 Å². The molecular weight excluding hydrogens is 316 g/mol. The van der Waals surface area contributed by atoms with Gasteiger partial charge in [-0.2, -0.15) is 0 Å². The molecule has 130 valence electrons. The van der Waals surface area contributed by atoms with Crippen molar-refractivity contribution in [1.29, 1.82) is 0 Å². The normalized spacial score (nSPS) is 10.6. The van der Waals surface area contributed by atoms with E-state index in [9.17, 15) is 9.59 Å². The molecule has 0 saturated heterocycles. The highest BCUT2D eigenvalue weighted by molar-refractivity contribution is 5.91. The number of hydrogen-bond donors (Lipinski definition) is 1. The van der Waals surface area contributed by atoms with Crippen LogP contribution >= 0.6 is 0 Å². The van der Waals surface area contributed by atoms with E-state index in [-0.39, 0.29) is 11.9 Å². The Morgan fingerprint density at radius 3 is 2.60 bits per heavy atom. The first-order valence-corrected chi connectivity index (χ1v) is 8.19. The van der Waals surface area contributed by atoms with Gasteiger partial charge in [-0.1, -0.05) is 30.3 Å². The first-order valence-electron chi connectivity index (χ1n) is 8.19. The number of aromatic nitrogens is 1. The Balaban J connectivity index is 1.74. The van der Waals surface area contributed by atoms with Crippen LogP contribution in [0.1, 0.15) is 23.2 Å². The van der Waals surface area contributed by atoms with E-state index in [1.54, 1.807) is 12.3 Å². The third-order valence-electron chi connectivity index (χ3n) is 3.66. The molecule has 1 heterocycles.